The molecule has 0 amide bonds. The van der Waals surface area contributed by atoms with Gasteiger partial charge in [0.15, 0.2) is 0 Å². The van der Waals surface area contributed by atoms with Gasteiger partial charge in [-0.3, -0.25) is 4.98 Å². The summed E-state index contributed by atoms with van der Waals surface area (Å²) >= 11 is 6.03. The van der Waals surface area contributed by atoms with Crippen LogP contribution in [0.1, 0.15) is 23.6 Å². The van der Waals surface area contributed by atoms with Crippen LogP contribution in [0.15, 0.2) is 86.1 Å². The number of hydrogen-bond acceptors (Lipinski definition) is 0. The first-order valence-electron chi connectivity index (χ1n) is 8.73. The maximum atomic E-state index is 6.03. The van der Waals surface area contributed by atoms with E-state index >= 15 is 0 Å². The number of H-pyrrole nitrogens is 1. The standard InChI is InChI=1S/C22H20ClN3/c1-2-5-21(25-13-12-24-16-25)20-15-26(22-7-4-3-6-19(20)22)14-17-8-10-18(23)11-9-17/h2-4,6-13,15-16,21H,1,5,14H2/p+1. The van der Waals surface area contributed by atoms with Gasteiger partial charge in [0.25, 0.3) is 0 Å². The lowest BCUT2D eigenvalue weighted by Gasteiger charge is -2.11. The Morgan fingerprint density at radius 1 is 1.15 bits per heavy atom. The number of nitrogens with one attached hydrogen (secondary N) is 1. The first kappa shape index (κ1) is 16.7. The average Bonchev–Trinajstić information content (AvgIpc) is 3.31. The number of hydrogen-bond donors (Lipinski definition) is 1. The molecule has 0 fully saturated rings. The second-order valence-electron chi connectivity index (χ2n) is 6.45. The number of nitrogens with zero attached hydrogens (tertiary/aromatic N) is 2. The van der Waals surface area contributed by atoms with E-state index in [9.17, 15) is 0 Å². The summed E-state index contributed by atoms with van der Waals surface area (Å²) in [4.78, 5) is 3.15. The Kier molecular flexibility index (Phi) is 4.63. The number of benzene rings is 2. The highest BCUT2D eigenvalue weighted by atomic mass is 35.5. The van der Waals surface area contributed by atoms with Gasteiger partial charge >= 0.3 is 0 Å². The maximum Gasteiger partial charge on any atom is 0.242 e. The summed E-state index contributed by atoms with van der Waals surface area (Å²) in [6.45, 7) is 4.77. The second kappa shape index (κ2) is 7.22. The number of halogens is 1. The minimum atomic E-state index is 0.218. The fourth-order valence-electron chi connectivity index (χ4n) is 3.52. The van der Waals surface area contributed by atoms with E-state index in [1.807, 2.05) is 30.7 Å². The molecule has 0 bridgehead atoms. The molecule has 0 spiro atoms. The maximum absolute atomic E-state index is 6.03. The summed E-state index contributed by atoms with van der Waals surface area (Å²) in [5.74, 6) is 0. The first-order valence-corrected chi connectivity index (χ1v) is 9.10. The molecule has 0 saturated heterocycles. The number of aromatic amines is 1. The average molecular weight is 363 g/mol. The van der Waals surface area contributed by atoms with Crippen molar-refractivity contribution in [1.82, 2.24) is 9.55 Å². The Morgan fingerprint density at radius 2 is 1.96 bits per heavy atom. The van der Waals surface area contributed by atoms with E-state index in [0.29, 0.717) is 0 Å². The Hall–Kier alpha value is -2.78. The number of imidazole rings is 1. The van der Waals surface area contributed by atoms with Crippen molar-refractivity contribution in [2.24, 2.45) is 0 Å². The van der Waals surface area contributed by atoms with Gasteiger partial charge in [-0.1, -0.05) is 48.0 Å². The minimum absolute atomic E-state index is 0.218. The van der Waals surface area contributed by atoms with E-state index in [-0.39, 0.29) is 6.04 Å². The number of fused-ring (bicyclic) bond motifs is 1. The normalized spacial score (nSPS) is 12.3. The third-order valence-electron chi connectivity index (χ3n) is 4.76. The van der Waals surface area contributed by atoms with Gasteiger partial charge in [-0.2, -0.15) is 0 Å². The van der Waals surface area contributed by atoms with Crippen LogP contribution in [0.5, 0.6) is 0 Å². The molecule has 0 aliphatic rings. The molecule has 0 aliphatic carbocycles. The van der Waals surface area contributed by atoms with Crippen LogP contribution in [0.4, 0.5) is 0 Å². The molecule has 2 aromatic heterocycles. The van der Waals surface area contributed by atoms with E-state index < -0.39 is 0 Å². The van der Waals surface area contributed by atoms with Gasteiger partial charge in [0.05, 0.1) is 0 Å². The Balaban J connectivity index is 1.80. The van der Waals surface area contributed by atoms with Gasteiger partial charge < -0.3 is 4.57 Å². The van der Waals surface area contributed by atoms with Crippen molar-refractivity contribution in [2.75, 3.05) is 0 Å². The molecule has 1 atom stereocenters. The number of rotatable bonds is 6. The van der Waals surface area contributed by atoms with Crippen molar-refractivity contribution in [3.8, 4) is 0 Å². The number of aromatic nitrogens is 3. The number of allylic oxidation sites excluding steroid dienone is 1. The third-order valence-corrected chi connectivity index (χ3v) is 5.01. The highest BCUT2D eigenvalue weighted by Gasteiger charge is 2.22. The molecule has 1 unspecified atom stereocenters. The van der Waals surface area contributed by atoms with E-state index in [1.54, 1.807) is 0 Å². The molecular formula is C22H21ClN3+. The molecule has 4 heteroatoms. The summed E-state index contributed by atoms with van der Waals surface area (Å²) in [7, 11) is 0. The molecule has 0 radical (unpaired) electrons. The zero-order valence-electron chi connectivity index (χ0n) is 14.5. The Labute approximate surface area is 158 Å². The lowest BCUT2D eigenvalue weighted by Crippen LogP contribution is -2.37. The molecule has 3 nitrogen and oxygen atoms in total. The van der Waals surface area contributed by atoms with Crippen molar-refractivity contribution >= 4 is 22.5 Å². The van der Waals surface area contributed by atoms with Crippen molar-refractivity contribution < 1.29 is 4.57 Å². The monoisotopic (exact) mass is 362 g/mol. The molecule has 1 N–H and O–H groups in total. The van der Waals surface area contributed by atoms with Crippen LogP contribution in [-0.2, 0) is 6.54 Å². The summed E-state index contributed by atoms with van der Waals surface area (Å²) < 4.78 is 4.52. The third kappa shape index (κ3) is 3.18. The fraction of sp³-hybridized carbons (Fsp3) is 0.136. The highest BCUT2D eigenvalue weighted by Crippen LogP contribution is 2.29. The van der Waals surface area contributed by atoms with Crippen LogP contribution in [0.25, 0.3) is 10.9 Å². The molecule has 2 aromatic carbocycles. The van der Waals surface area contributed by atoms with Crippen molar-refractivity contribution in [3.05, 3.63) is 102 Å². The van der Waals surface area contributed by atoms with Crippen LogP contribution in [0, 0.1) is 0 Å². The molecule has 2 heterocycles. The lowest BCUT2D eigenvalue weighted by molar-refractivity contribution is -0.711. The van der Waals surface area contributed by atoms with Gasteiger partial charge in [0.2, 0.25) is 6.33 Å². The van der Waals surface area contributed by atoms with Crippen LogP contribution in [-0.4, -0.2) is 9.55 Å². The molecule has 4 aromatic rings. The zero-order valence-corrected chi connectivity index (χ0v) is 15.2. The van der Waals surface area contributed by atoms with Gasteiger partial charge in [-0.15, -0.1) is 6.58 Å². The molecule has 130 valence electrons. The Bertz CT molecular complexity index is 1010. The van der Waals surface area contributed by atoms with E-state index in [2.05, 4.69) is 69.5 Å². The molecule has 26 heavy (non-hydrogen) atoms. The van der Waals surface area contributed by atoms with Crippen molar-refractivity contribution in [2.45, 2.75) is 19.0 Å². The van der Waals surface area contributed by atoms with Gasteiger partial charge in [0, 0.05) is 40.7 Å². The van der Waals surface area contributed by atoms with Gasteiger partial charge in [0.1, 0.15) is 18.4 Å². The SMILES string of the molecule is C=CCC(c1cn(Cc2ccc(Cl)cc2)c2ccccc12)[n+]1cc[nH]c1. The minimum Gasteiger partial charge on any atom is -0.343 e. The molecule has 0 aliphatic heterocycles. The van der Waals surface area contributed by atoms with Crippen LogP contribution < -0.4 is 4.57 Å². The predicted molar refractivity (Wildman–Crippen MR) is 106 cm³/mol. The molecule has 0 saturated carbocycles. The second-order valence-corrected chi connectivity index (χ2v) is 6.89. The largest absolute Gasteiger partial charge is 0.343 e. The smallest absolute Gasteiger partial charge is 0.242 e. The highest BCUT2D eigenvalue weighted by molar-refractivity contribution is 6.30. The summed E-state index contributed by atoms with van der Waals surface area (Å²) in [6.07, 6.45) is 11.1. The predicted octanol–water partition coefficient (Wildman–Crippen LogP) is 5.12. The van der Waals surface area contributed by atoms with Crippen molar-refractivity contribution in [3.63, 3.8) is 0 Å². The lowest BCUT2D eigenvalue weighted by atomic mass is 10.0. The van der Waals surface area contributed by atoms with E-state index in [1.165, 1.54) is 22.0 Å². The quantitative estimate of drug-likeness (QED) is 0.363. The molecule has 4 rings (SSSR count). The number of para-hydroxylation sites is 1. The van der Waals surface area contributed by atoms with Gasteiger partial charge in [-0.25, -0.2) is 4.57 Å². The van der Waals surface area contributed by atoms with Gasteiger partial charge in [-0.05, 0) is 23.8 Å². The van der Waals surface area contributed by atoms with Crippen LogP contribution in [0.2, 0.25) is 5.02 Å². The van der Waals surface area contributed by atoms with Crippen LogP contribution >= 0.6 is 11.6 Å². The topological polar surface area (TPSA) is 24.6 Å². The van der Waals surface area contributed by atoms with E-state index in [4.69, 9.17) is 11.6 Å². The summed E-state index contributed by atoms with van der Waals surface area (Å²) in [5, 5.41) is 2.05. The van der Waals surface area contributed by atoms with E-state index in [0.717, 1.165) is 18.0 Å². The summed E-state index contributed by atoms with van der Waals surface area (Å²) in [6, 6.07) is 16.8. The van der Waals surface area contributed by atoms with Crippen molar-refractivity contribution in [1.29, 1.82) is 0 Å². The zero-order chi connectivity index (χ0) is 17.9. The van der Waals surface area contributed by atoms with Crippen LogP contribution in [0.3, 0.4) is 0 Å². The first-order chi connectivity index (χ1) is 12.8. The molecular weight excluding hydrogens is 342 g/mol. The summed E-state index contributed by atoms with van der Waals surface area (Å²) in [5.41, 5.74) is 3.78. The Morgan fingerprint density at radius 3 is 2.69 bits per heavy atom. The fourth-order valence-corrected chi connectivity index (χ4v) is 3.65.